The molecule has 0 saturated heterocycles. The van der Waals surface area contributed by atoms with E-state index in [9.17, 15) is 9.18 Å². The van der Waals surface area contributed by atoms with Crippen molar-refractivity contribution in [2.75, 3.05) is 5.32 Å². The Kier molecular flexibility index (Phi) is 6.25. The first kappa shape index (κ1) is 20.3. The molecule has 0 aliphatic heterocycles. The maximum absolute atomic E-state index is 13.2. The molecule has 4 rings (SSSR count). The molecule has 150 valence electrons. The highest BCUT2D eigenvalue weighted by Gasteiger charge is 2.25. The van der Waals surface area contributed by atoms with Crippen LogP contribution in [0.4, 0.5) is 10.1 Å². The number of aromatic nitrogens is 2. The first-order valence-corrected chi connectivity index (χ1v) is 10.6. The SMILES string of the molecule is O=C(Nc1ccc(F)cc1)[C@H](Sc1nnc(-c2ccccc2Br)o1)c1ccccc1. The summed E-state index contributed by atoms with van der Waals surface area (Å²) >= 11 is 4.62. The minimum absolute atomic E-state index is 0.267. The number of anilines is 1. The van der Waals surface area contributed by atoms with Crippen molar-refractivity contribution >= 4 is 39.3 Å². The maximum Gasteiger partial charge on any atom is 0.277 e. The van der Waals surface area contributed by atoms with Gasteiger partial charge in [0.25, 0.3) is 5.22 Å². The van der Waals surface area contributed by atoms with E-state index in [1.807, 2.05) is 54.6 Å². The van der Waals surface area contributed by atoms with Crippen LogP contribution in [0.5, 0.6) is 0 Å². The van der Waals surface area contributed by atoms with Crippen molar-refractivity contribution in [2.24, 2.45) is 0 Å². The van der Waals surface area contributed by atoms with Crippen LogP contribution in [0.2, 0.25) is 0 Å². The summed E-state index contributed by atoms with van der Waals surface area (Å²) in [6.07, 6.45) is 0. The van der Waals surface area contributed by atoms with Gasteiger partial charge in [-0.1, -0.05) is 42.5 Å². The number of halogens is 2. The second kappa shape index (κ2) is 9.23. The van der Waals surface area contributed by atoms with Gasteiger partial charge in [-0.25, -0.2) is 4.39 Å². The van der Waals surface area contributed by atoms with Gasteiger partial charge in [0.15, 0.2) is 0 Å². The minimum atomic E-state index is -0.635. The Morgan fingerprint density at radius 3 is 2.40 bits per heavy atom. The summed E-state index contributed by atoms with van der Waals surface area (Å²) in [6.45, 7) is 0. The molecule has 1 atom stereocenters. The molecular formula is C22H15BrFN3O2S. The number of amides is 1. The molecule has 0 spiro atoms. The molecule has 30 heavy (non-hydrogen) atoms. The summed E-state index contributed by atoms with van der Waals surface area (Å²) in [4.78, 5) is 13.0. The number of hydrogen-bond donors (Lipinski definition) is 1. The van der Waals surface area contributed by atoms with E-state index in [-0.39, 0.29) is 16.9 Å². The molecule has 1 aromatic heterocycles. The van der Waals surface area contributed by atoms with Crippen molar-refractivity contribution in [2.45, 2.75) is 10.5 Å². The van der Waals surface area contributed by atoms with Crippen LogP contribution in [0.15, 0.2) is 93.0 Å². The summed E-state index contributed by atoms with van der Waals surface area (Å²) in [6, 6.07) is 22.4. The van der Waals surface area contributed by atoms with Gasteiger partial charge in [-0.2, -0.15) is 0 Å². The lowest BCUT2D eigenvalue weighted by atomic mass is 10.1. The summed E-state index contributed by atoms with van der Waals surface area (Å²) in [5, 5.41) is 10.6. The Hall–Kier alpha value is -2.97. The minimum Gasteiger partial charge on any atom is -0.411 e. The first-order chi connectivity index (χ1) is 14.6. The van der Waals surface area contributed by atoms with Gasteiger partial charge in [-0.3, -0.25) is 4.79 Å². The first-order valence-electron chi connectivity index (χ1n) is 8.96. The van der Waals surface area contributed by atoms with Gasteiger partial charge in [0.05, 0.1) is 5.56 Å². The van der Waals surface area contributed by atoms with E-state index in [4.69, 9.17) is 4.42 Å². The number of carbonyl (C=O) groups is 1. The summed E-state index contributed by atoms with van der Waals surface area (Å²) in [5.74, 6) is -0.290. The lowest BCUT2D eigenvalue weighted by Gasteiger charge is -2.15. The monoisotopic (exact) mass is 483 g/mol. The van der Waals surface area contributed by atoms with E-state index >= 15 is 0 Å². The van der Waals surface area contributed by atoms with E-state index < -0.39 is 5.25 Å². The molecule has 5 nitrogen and oxygen atoms in total. The van der Waals surface area contributed by atoms with Crippen molar-refractivity contribution in [1.29, 1.82) is 0 Å². The van der Waals surface area contributed by atoms with Crippen molar-refractivity contribution in [3.8, 4) is 11.5 Å². The fourth-order valence-electron chi connectivity index (χ4n) is 2.74. The topological polar surface area (TPSA) is 68.0 Å². The molecule has 1 N–H and O–H groups in total. The number of benzene rings is 3. The van der Waals surface area contributed by atoms with Crippen LogP contribution in [0.25, 0.3) is 11.5 Å². The van der Waals surface area contributed by atoms with E-state index in [0.717, 1.165) is 27.4 Å². The fraction of sp³-hybridized carbons (Fsp3) is 0.0455. The lowest BCUT2D eigenvalue weighted by molar-refractivity contribution is -0.115. The third kappa shape index (κ3) is 4.77. The molecule has 0 fully saturated rings. The molecule has 0 aliphatic carbocycles. The van der Waals surface area contributed by atoms with Crippen molar-refractivity contribution in [3.63, 3.8) is 0 Å². The molecule has 0 saturated carbocycles. The average molecular weight is 484 g/mol. The second-order valence-corrected chi connectivity index (χ2v) is 8.17. The summed E-state index contributed by atoms with van der Waals surface area (Å²) in [5.41, 5.74) is 2.05. The van der Waals surface area contributed by atoms with Gasteiger partial charge in [0, 0.05) is 10.2 Å². The third-order valence-corrected chi connectivity index (χ3v) is 5.96. The maximum atomic E-state index is 13.2. The van der Waals surface area contributed by atoms with Gasteiger partial charge in [-0.15, -0.1) is 10.2 Å². The lowest BCUT2D eigenvalue weighted by Crippen LogP contribution is -2.19. The Morgan fingerprint density at radius 2 is 1.67 bits per heavy atom. The van der Waals surface area contributed by atoms with E-state index in [0.29, 0.717) is 11.6 Å². The van der Waals surface area contributed by atoms with Crippen LogP contribution in [-0.4, -0.2) is 16.1 Å². The number of hydrogen-bond acceptors (Lipinski definition) is 5. The summed E-state index contributed by atoms with van der Waals surface area (Å²) in [7, 11) is 0. The number of nitrogens with one attached hydrogen (secondary N) is 1. The molecule has 3 aromatic carbocycles. The molecule has 0 radical (unpaired) electrons. The Balaban J connectivity index is 1.59. The largest absolute Gasteiger partial charge is 0.411 e. The Morgan fingerprint density at radius 1 is 0.967 bits per heavy atom. The highest BCUT2D eigenvalue weighted by Crippen LogP contribution is 2.37. The predicted octanol–water partition coefficient (Wildman–Crippen LogP) is 6.11. The van der Waals surface area contributed by atoms with Crippen LogP contribution < -0.4 is 5.32 Å². The number of nitrogens with zero attached hydrogens (tertiary/aromatic N) is 2. The highest BCUT2D eigenvalue weighted by molar-refractivity contribution is 9.10. The predicted molar refractivity (Wildman–Crippen MR) is 118 cm³/mol. The van der Waals surface area contributed by atoms with Crippen LogP contribution in [0.3, 0.4) is 0 Å². The Bertz CT molecular complexity index is 1150. The molecular weight excluding hydrogens is 469 g/mol. The zero-order valence-corrected chi connectivity index (χ0v) is 17.9. The zero-order chi connectivity index (χ0) is 20.9. The molecule has 1 heterocycles. The van der Waals surface area contributed by atoms with Gasteiger partial charge in [-0.05, 0) is 69.7 Å². The molecule has 0 unspecified atom stereocenters. The van der Waals surface area contributed by atoms with Crippen LogP contribution >= 0.6 is 27.7 Å². The molecule has 8 heteroatoms. The van der Waals surface area contributed by atoms with E-state index in [1.165, 1.54) is 24.3 Å². The van der Waals surface area contributed by atoms with E-state index in [2.05, 4.69) is 31.4 Å². The van der Waals surface area contributed by atoms with Crippen LogP contribution in [0.1, 0.15) is 10.8 Å². The Labute approximate surface area is 184 Å². The molecule has 1 amide bonds. The number of carbonyl (C=O) groups excluding carboxylic acids is 1. The van der Waals surface area contributed by atoms with Crippen LogP contribution in [-0.2, 0) is 4.79 Å². The summed E-state index contributed by atoms with van der Waals surface area (Å²) < 4.78 is 19.8. The molecule has 0 bridgehead atoms. The van der Waals surface area contributed by atoms with Gasteiger partial charge >= 0.3 is 0 Å². The normalized spacial score (nSPS) is 11.8. The standard InChI is InChI=1S/C22H15BrFN3O2S/c23-18-9-5-4-8-17(18)21-26-27-22(29-21)30-19(14-6-2-1-3-7-14)20(28)25-16-12-10-15(24)11-13-16/h1-13,19H,(H,25,28)/t19-/m1/s1. The van der Waals surface area contributed by atoms with Crippen molar-refractivity contribution in [1.82, 2.24) is 10.2 Å². The van der Waals surface area contributed by atoms with Gasteiger partial charge < -0.3 is 9.73 Å². The fourth-order valence-corrected chi connectivity index (χ4v) is 4.07. The third-order valence-electron chi connectivity index (χ3n) is 4.18. The number of rotatable bonds is 6. The average Bonchev–Trinajstić information content (AvgIpc) is 3.23. The van der Waals surface area contributed by atoms with Crippen molar-refractivity contribution in [3.05, 3.63) is 94.7 Å². The smallest absolute Gasteiger partial charge is 0.277 e. The van der Waals surface area contributed by atoms with Crippen LogP contribution in [0, 0.1) is 5.82 Å². The van der Waals surface area contributed by atoms with Gasteiger partial charge in [0.1, 0.15) is 11.1 Å². The molecule has 4 aromatic rings. The molecule has 0 aliphatic rings. The zero-order valence-electron chi connectivity index (χ0n) is 15.5. The quantitative estimate of drug-likeness (QED) is 0.335. The van der Waals surface area contributed by atoms with E-state index in [1.54, 1.807) is 0 Å². The second-order valence-electron chi connectivity index (χ2n) is 6.26. The number of thioether (sulfide) groups is 1. The highest BCUT2D eigenvalue weighted by atomic mass is 79.9. The van der Waals surface area contributed by atoms with Crippen molar-refractivity contribution < 1.29 is 13.6 Å². The van der Waals surface area contributed by atoms with Gasteiger partial charge in [0.2, 0.25) is 11.8 Å².